The van der Waals surface area contributed by atoms with Crippen LogP contribution in [0.3, 0.4) is 0 Å². The quantitative estimate of drug-likeness (QED) is 0.783. The monoisotopic (exact) mass is 398 g/mol. The molecule has 0 fully saturated rings. The summed E-state index contributed by atoms with van der Waals surface area (Å²) in [6.45, 7) is 3.43. The molecule has 0 spiro atoms. The van der Waals surface area contributed by atoms with E-state index in [2.05, 4.69) is 5.32 Å². The van der Waals surface area contributed by atoms with Gasteiger partial charge in [-0.15, -0.1) is 0 Å². The summed E-state index contributed by atoms with van der Waals surface area (Å²) in [7, 11) is -2.50. The van der Waals surface area contributed by atoms with Crippen molar-refractivity contribution in [2.24, 2.45) is 0 Å². The number of anilines is 1. The van der Waals surface area contributed by atoms with Crippen molar-refractivity contribution in [3.8, 4) is 5.75 Å². The lowest BCUT2D eigenvalue weighted by Gasteiger charge is -2.25. The molecular formula is C18H23ClN2O4S. The number of halogens is 1. The summed E-state index contributed by atoms with van der Waals surface area (Å²) in [6.07, 6.45) is 1.57. The zero-order valence-corrected chi connectivity index (χ0v) is 16.3. The Bertz CT molecular complexity index is 887. The van der Waals surface area contributed by atoms with Gasteiger partial charge in [-0.2, -0.15) is 12.2 Å². The minimum atomic E-state index is -3.95. The largest absolute Gasteiger partial charge is 0.495 e. The molecule has 26 heavy (non-hydrogen) atoms. The van der Waals surface area contributed by atoms with E-state index in [1.165, 1.54) is 7.11 Å². The Kier molecular flexibility index (Phi) is 6.52. The first-order chi connectivity index (χ1) is 12.0. The molecule has 0 saturated carbocycles. The molecule has 1 heterocycles. The van der Waals surface area contributed by atoms with Crippen LogP contribution in [0.1, 0.15) is 23.6 Å². The van der Waals surface area contributed by atoms with Gasteiger partial charge in [0.2, 0.25) is 0 Å². The standard InChI is InChI=1S/C18H21ClN2O3S.H2O/c1-3-13-7-8-17(24-2)18(11-13)25(22,23)21(19)16-6-4-5-14-9-10-20-12-15(14)16;/h4-8,11,20H,3,9-10,12H2,1-2H3;1H2. The first kappa shape index (κ1) is 20.5. The van der Waals surface area contributed by atoms with Gasteiger partial charge >= 0.3 is 0 Å². The predicted molar refractivity (Wildman–Crippen MR) is 103 cm³/mol. The maximum Gasteiger partial charge on any atom is 0.281 e. The molecule has 0 aliphatic carbocycles. The van der Waals surface area contributed by atoms with Crippen LogP contribution in [-0.4, -0.2) is 27.5 Å². The third-order valence-electron chi connectivity index (χ3n) is 4.44. The molecule has 0 amide bonds. The number of hydrogen-bond donors (Lipinski definition) is 1. The molecule has 0 saturated heterocycles. The Balaban J connectivity index is 0.00000243. The van der Waals surface area contributed by atoms with Crippen molar-refractivity contribution in [3.63, 3.8) is 0 Å². The predicted octanol–water partition coefficient (Wildman–Crippen LogP) is 2.43. The first-order valence-electron chi connectivity index (χ1n) is 8.18. The number of nitrogens with zero attached hydrogens (tertiary/aromatic N) is 1. The van der Waals surface area contributed by atoms with Crippen LogP contribution in [0.25, 0.3) is 0 Å². The average Bonchev–Trinajstić information content (AvgIpc) is 2.66. The maximum absolute atomic E-state index is 13.2. The summed E-state index contributed by atoms with van der Waals surface area (Å²) in [6, 6.07) is 10.7. The highest BCUT2D eigenvalue weighted by Gasteiger charge is 2.30. The smallest absolute Gasteiger partial charge is 0.281 e. The van der Waals surface area contributed by atoms with Crippen molar-refractivity contribution < 1.29 is 18.6 Å². The lowest BCUT2D eigenvalue weighted by molar-refractivity contribution is 0.402. The van der Waals surface area contributed by atoms with E-state index >= 15 is 0 Å². The van der Waals surface area contributed by atoms with Crippen LogP contribution in [0.4, 0.5) is 5.69 Å². The Morgan fingerprint density at radius 1 is 1.27 bits per heavy atom. The third kappa shape index (κ3) is 3.66. The molecule has 3 N–H and O–H groups in total. The van der Waals surface area contributed by atoms with Crippen molar-refractivity contribution in [2.45, 2.75) is 31.2 Å². The summed E-state index contributed by atoms with van der Waals surface area (Å²) >= 11 is 6.36. The summed E-state index contributed by atoms with van der Waals surface area (Å²) in [5.74, 6) is 0.283. The minimum absolute atomic E-state index is 0. The molecule has 3 rings (SSSR count). The molecule has 2 aromatic carbocycles. The lowest BCUT2D eigenvalue weighted by atomic mass is 10.00. The molecule has 0 bridgehead atoms. The van der Waals surface area contributed by atoms with Gasteiger partial charge in [-0.1, -0.05) is 25.1 Å². The van der Waals surface area contributed by atoms with Gasteiger partial charge in [0.1, 0.15) is 10.6 Å². The van der Waals surface area contributed by atoms with E-state index in [1.54, 1.807) is 18.2 Å². The van der Waals surface area contributed by atoms with Gasteiger partial charge in [-0.05, 0) is 54.3 Å². The highest BCUT2D eigenvalue weighted by atomic mass is 35.5. The summed E-state index contributed by atoms with van der Waals surface area (Å²) < 4.78 is 32.4. The second kappa shape index (κ2) is 8.26. The van der Waals surface area contributed by atoms with Crippen LogP contribution in [-0.2, 0) is 29.4 Å². The summed E-state index contributed by atoms with van der Waals surface area (Å²) in [5.41, 5.74) is 3.42. The van der Waals surface area contributed by atoms with E-state index in [-0.39, 0.29) is 16.1 Å². The van der Waals surface area contributed by atoms with Crippen molar-refractivity contribution in [3.05, 3.63) is 53.1 Å². The van der Waals surface area contributed by atoms with Gasteiger partial charge in [-0.25, -0.2) is 0 Å². The number of rotatable bonds is 5. The number of hydrogen-bond acceptors (Lipinski definition) is 4. The number of fused-ring (bicyclic) bond motifs is 1. The zero-order chi connectivity index (χ0) is 18.0. The van der Waals surface area contributed by atoms with Gasteiger partial charge in [0.15, 0.2) is 0 Å². The fourth-order valence-electron chi connectivity index (χ4n) is 3.02. The molecular weight excluding hydrogens is 376 g/mol. The van der Waals surface area contributed by atoms with E-state index in [9.17, 15) is 8.42 Å². The Labute approximate surface area is 159 Å². The summed E-state index contributed by atoms with van der Waals surface area (Å²) in [4.78, 5) is 0.0747. The Morgan fingerprint density at radius 3 is 2.73 bits per heavy atom. The van der Waals surface area contributed by atoms with E-state index in [1.807, 2.05) is 25.1 Å². The fraction of sp³-hybridized carbons (Fsp3) is 0.333. The van der Waals surface area contributed by atoms with E-state index in [0.29, 0.717) is 12.2 Å². The molecule has 142 valence electrons. The van der Waals surface area contributed by atoms with E-state index in [0.717, 1.165) is 39.9 Å². The second-order valence-electron chi connectivity index (χ2n) is 5.90. The average molecular weight is 399 g/mol. The van der Waals surface area contributed by atoms with Gasteiger partial charge in [0, 0.05) is 18.3 Å². The maximum atomic E-state index is 13.2. The van der Waals surface area contributed by atoms with E-state index < -0.39 is 10.0 Å². The number of methoxy groups -OCH3 is 1. The first-order valence-corrected chi connectivity index (χ1v) is 9.96. The van der Waals surface area contributed by atoms with Crippen LogP contribution in [0.2, 0.25) is 0 Å². The number of ether oxygens (including phenoxy) is 1. The Morgan fingerprint density at radius 2 is 2.04 bits per heavy atom. The highest BCUT2D eigenvalue weighted by molar-refractivity contribution is 7.94. The zero-order valence-electron chi connectivity index (χ0n) is 14.8. The lowest BCUT2D eigenvalue weighted by Crippen LogP contribution is -2.28. The number of aryl methyl sites for hydroxylation is 1. The van der Waals surface area contributed by atoms with Crippen LogP contribution in [0.15, 0.2) is 41.3 Å². The normalized spacial score (nSPS) is 13.5. The second-order valence-corrected chi connectivity index (χ2v) is 8.19. The van der Waals surface area contributed by atoms with Gasteiger partial charge in [0.25, 0.3) is 10.0 Å². The molecule has 2 aromatic rings. The Hall–Kier alpha value is -1.80. The highest BCUT2D eigenvalue weighted by Crippen LogP contribution is 2.35. The molecule has 0 unspecified atom stereocenters. The number of benzene rings is 2. The van der Waals surface area contributed by atoms with Crippen molar-refractivity contribution in [1.29, 1.82) is 0 Å². The topological polar surface area (TPSA) is 90.1 Å². The van der Waals surface area contributed by atoms with Crippen LogP contribution < -0.4 is 13.9 Å². The van der Waals surface area contributed by atoms with Crippen molar-refractivity contribution >= 4 is 27.5 Å². The van der Waals surface area contributed by atoms with Gasteiger partial charge in [0.05, 0.1) is 12.8 Å². The third-order valence-corrected chi connectivity index (χ3v) is 6.66. The van der Waals surface area contributed by atoms with Gasteiger partial charge in [-0.3, -0.25) is 0 Å². The number of nitrogens with one attached hydrogen (secondary N) is 1. The van der Waals surface area contributed by atoms with Crippen LogP contribution in [0, 0.1) is 0 Å². The van der Waals surface area contributed by atoms with E-state index in [4.69, 9.17) is 16.5 Å². The SMILES string of the molecule is CCc1ccc(OC)c(S(=O)(=O)N(Cl)c2cccc3c2CNCC3)c1.O. The molecule has 6 nitrogen and oxygen atoms in total. The molecule has 8 heteroatoms. The molecule has 1 aliphatic rings. The van der Waals surface area contributed by atoms with Gasteiger partial charge < -0.3 is 15.5 Å². The number of sulfonamides is 1. The van der Waals surface area contributed by atoms with Crippen molar-refractivity contribution in [1.82, 2.24) is 5.32 Å². The molecule has 0 radical (unpaired) electrons. The summed E-state index contributed by atoms with van der Waals surface area (Å²) in [5, 5.41) is 3.26. The molecule has 1 aliphatic heterocycles. The molecule has 0 aromatic heterocycles. The van der Waals surface area contributed by atoms with Crippen LogP contribution in [0.5, 0.6) is 5.75 Å². The van der Waals surface area contributed by atoms with Crippen LogP contribution >= 0.6 is 11.8 Å². The fourth-order valence-corrected chi connectivity index (χ4v) is 4.71. The van der Waals surface area contributed by atoms with Crippen molar-refractivity contribution in [2.75, 3.05) is 17.5 Å². The minimum Gasteiger partial charge on any atom is -0.495 e. The molecule has 0 atom stereocenters.